The largest absolute Gasteiger partial charge is 0.310 e. The standard InChI is InChI=1S/C15H21FIN/c1-2-8-18-15(9-11-4-3-5-11)13-7-6-12(16)10-14(13)17/h6-7,10-11,15,18H,2-5,8-9H2,1H3. The van der Waals surface area contributed by atoms with Crippen LogP contribution in [-0.4, -0.2) is 6.54 Å². The van der Waals surface area contributed by atoms with Gasteiger partial charge in [0.2, 0.25) is 0 Å². The first-order valence-corrected chi connectivity index (χ1v) is 7.97. The van der Waals surface area contributed by atoms with Gasteiger partial charge in [0.15, 0.2) is 0 Å². The Labute approximate surface area is 123 Å². The number of nitrogens with one attached hydrogen (secondary N) is 1. The fraction of sp³-hybridized carbons (Fsp3) is 0.600. The van der Waals surface area contributed by atoms with Gasteiger partial charge in [-0.25, -0.2) is 4.39 Å². The Morgan fingerprint density at radius 1 is 1.44 bits per heavy atom. The van der Waals surface area contributed by atoms with E-state index in [1.807, 2.05) is 6.07 Å². The molecule has 0 amide bonds. The van der Waals surface area contributed by atoms with E-state index < -0.39 is 0 Å². The SMILES string of the molecule is CCCNC(CC1CCC1)c1ccc(F)cc1I. The minimum absolute atomic E-state index is 0.138. The topological polar surface area (TPSA) is 12.0 Å². The van der Waals surface area contributed by atoms with Crippen molar-refractivity contribution in [1.29, 1.82) is 0 Å². The van der Waals surface area contributed by atoms with Gasteiger partial charge in [0.25, 0.3) is 0 Å². The van der Waals surface area contributed by atoms with Crippen LogP contribution in [0.1, 0.15) is 50.6 Å². The Hall–Kier alpha value is -0.160. The molecule has 1 aromatic rings. The van der Waals surface area contributed by atoms with Crippen LogP contribution in [0.25, 0.3) is 0 Å². The van der Waals surface area contributed by atoms with E-state index in [0.29, 0.717) is 6.04 Å². The molecule has 1 aromatic carbocycles. The number of benzene rings is 1. The lowest BCUT2D eigenvalue weighted by Crippen LogP contribution is -2.27. The molecule has 1 unspecified atom stereocenters. The number of hydrogen-bond donors (Lipinski definition) is 1. The summed E-state index contributed by atoms with van der Waals surface area (Å²) in [6.07, 6.45) is 6.44. The number of rotatable bonds is 6. The van der Waals surface area contributed by atoms with Gasteiger partial charge in [-0.3, -0.25) is 0 Å². The van der Waals surface area contributed by atoms with Crippen LogP contribution < -0.4 is 5.32 Å². The first kappa shape index (κ1) is 14.3. The average Bonchev–Trinajstić information content (AvgIpc) is 2.28. The highest BCUT2D eigenvalue weighted by Gasteiger charge is 2.23. The lowest BCUT2D eigenvalue weighted by molar-refractivity contribution is 0.261. The van der Waals surface area contributed by atoms with Crippen molar-refractivity contribution in [2.45, 2.75) is 45.1 Å². The summed E-state index contributed by atoms with van der Waals surface area (Å²) in [5.74, 6) is 0.723. The van der Waals surface area contributed by atoms with E-state index in [0.717, 1.165) is 22.5 Å². The molecule has 0 aliphatic heterocycles. The Bertz CT molecular complexity index is 390. The van der Waals surface area contributed by atoms with Crippen LogP contribution in [0, 0.1) is 15.3 Å². The quantitative estimate of drug-likeness (QED) is 0.727. The fourth-order valence-electron chi connectivity index (χ4n) is 2.48. The van der Waals surface area contributed by atoms with E-state index in [1.165, 1.54) is 31.2 Å². The zero-order chi connectivity index (χ0) is 13.0. The molecule has 1 nitrogen and oxygen atoms in total. The van der Waals surface area contributed by atoms with Gasteiger partial charge < -0.3 is 5.32 Å². The van der Waals surface area contributed by atoms with Gasteiger partial charge in [-0.1, -0.05) is 32.3 Å². The van der Waals surface area contributed by atoms with E-state index in [2.05, 4.69) is 34.8 Å². The monoisotopic (exact) mass is 361 g/mol. The van der Waals surface area contributed by atoms with Crippen molar-refractivity contribution in [3.05, 3.63) is 33.1 Å². The van der Waals surface area contributed by atoms with Crippen molar-refractivity contribution in [1.82, 2.24) is 5.32 Å². The van der Waals surface area contributed by atoms with Gasteiger partial charge >= 0.3 is 0 Å². The molecule has 0 radical (unpaired) electrons. The zero-order valence-electron chi connectivity index (χ0n) is 10.9. The van der Waals surface area contributed by atoms with Gasteiger partial charge in [-0.15, -0.1) is 0 Å². The molecule has 0 saturated heterocycles. The van der Waals surface area contributed by atoms with Crippen molar-refractivity contribution in [3.63, 3.8) is 0 Å². The van der Waals surface area contributed by atoms with E-state index in [-0.39, 0.29) is 5.82 Å². The molecule has 1 N–H and O–H groups in total. The summed E-state index contributed by atoms with van der Waals surface area (Å²) in [6.45, 7) is 3.22. The summed E-state index contributed by atoms with van der Waals surface area (Å²) in [5.41, 5.74) is 1.26. The summed E-state index contributed by atoms with van der Waals surface area (Å²) < 4.78 is 14.2. The van der Waals surface area contributed by atoms with Crippen LogP contribution in [-0.2, 0) is 0 Å². The van der Waals surface area contributed by atoms with Crippen LogP contribution in [0.3, 0.4) is 0 Å². The summed E-state index contributed by atoms with van der Waals surface area (Å²) in [4.78, 5) is 0. The smallest absolute Gasteiger partial charge is 0.124 e. The van der Waals surface area contributed by atoms with E-state index >= 15 is 0 Å². The van der Waals surface area contributed by atoms with Gasteiger partial charge in [-0.05, 0) is 65.6 Å². The third-order valence-electron chi connectivity index (χ3n) is 3.77. The van der Waals surface area contributed by atoms with E-state index in [4.69, 9.17) is 0 Å². The predicted octanol–water partition coefficient (Wildman–Crippen LogP) is 4.66. The van der Waals surface area contributed by atoms with Gasteiger partial charge in [0, 0.05) is 9.61 Å². The van der Waals surface area contributed by atoms with Crippen LogP contribution in [0.15, 0.2) is 18.2 Å². The molecule has 0 bridgehead atoms. The maximum absolute atomic E-state index is 13.2. The second kappa shape index (κ2) is 6.85. The van der Waals surface area contributed by atoms with E-state index in [9.17, 15) is 4.39 Å². The third kappa shape index (κ3) is 3.67. The molecule has 18 heavy (non-hydrogen) atoms. The summed E-state index contributed by atoms with van der Waals surface area (Å²) in [5, 5.41) is 3.62. The second-order valence-corrected chi connectivity index (χ2v) is 6.37. The highest BCUT2D eigenvalue weighted by atomic mass is 127. The maximum atomic E-state index is 13.2. The predicted molar refractivity (Wildman–Crippen MR) is 82.1 cm³/mol. The highest BCUT2D eigenvalue weighted by molar-refractivity contribution is 14.1. The number of halogens is 2. The molecule has 1 saturated carbocycles. The van der Waals surface area contributed by atoms with Crippen LogP contribution in [0.2, 0.25) is 0 Å². The molecule has 0 aromatic heterocycles. The zero-order valence-corrected chi connectivity index (χ0v) is 13.0. The normalized spacial score (nSPS) is 17.5. The molecule has 0 spiro atoms. The van der Waals surface area contributed by atoms with Gasteiger partial charge in [0.1, 0.15) is 5.82 Å². The van der Waals surface area contributed by atoms with Crippen LogP contribution >= 0.6 is 22.6 Å². The first-order valence-electron chi connectivity index (χ1n) is 6.89. The van der Waals surface area contributed by atoms with Crippen molar-refractivity contribution in [2.24, 2.45) is 5.92 Å². The summed E-state index contributed by atoms with van der Waals surface area (Å²) in [7, 11) is 0. The van der Waals surface area contributed by atoms with Gasteiger partial charge in [-0.2, -0.15) is 0 Å². The Balaban J connectivity index is 2.09. The molecule has 1 fully saturated rings. The molecule has 1 aliphatic rings. The molecule has 1 aliphatic carbocycles. The minimum Gasteiger partial charge on any atom is -0.310 e. The molecule has 3 heteroatoms. The molecule has 0 heterocycles. The number of hydrogen-bond acceptors (Lipinski definition) is 1. The lowest BCUT2D eigenvalue weighted by atomic mass is 9.79. The minimum atomic E-state index is -0.138. The Kier molecular flexibility index (Phi) is 5.42. The molecule has 2 rings (SSSR count). The van der Waals surface area contributed by atoms with Crippen LogP contribution in [0.5, 0.6) is 0 Å². The maximum Gasteiger partial charge on any atom is 0.124 e. The summed E-state index contributed by atoms with van der Waals surface area (Å²) >= 11 is 2.25. The first-order chi connectivity index (χ1) is 8.70. The Morgan fingerprint density at radius 2 is 2.22 bits per heavy atom. The lowest BCUT2D eigenvalue weighted by Gasteiger charge is -2.31. The van der Waals surface area contributed by atoms with Crippen molar-refractivity contribution >= 4 is 22.6 Å². The highest BCUT2D eigenvalue weighted by Crippen LogP contribution is 2.35. The van der Waals surface area contributed by atoms with Crippen molar-refractivity contribution in [3.8, 4) is 0 Å². The van der Waals surface area contributed by atoms with Crippen molar-refractivity contribution in [2.75, 3.05) is 6.54 Å². The second-order valence-electron chi connectivity index (χ2n) is 5.21. The third-order valence-corrected chi connectivity index (χ3v) is 4.71. The Morgan fingerprint density at radius 3 is 2.78 bits per heavy atom. The molecule has 1 atom stereocenters. The molecule has 100 valence electrons. The van der Waals surface area contributed by atoms with E-state index in [1.54, 1.807) is 12.1 Å². The van der Waals surface area contributed by atoms with Gasteiger partial charge in [0.05, 0.1) is 0 Å². The van der Waals surface area contributed by atoms with Crippen LogP contribution in [0.4, 0.5) is 4.39 Å². The molecular weight excluding hydrogens is 340 g/mol. The average molecular weight is 361 g/mol. The fourth-order valence-corrected chi connectivity index (χ4v) is 3.34. The van der Waals surface area contributed by atoms with Crippen molar-refractivity contribution < 1.29 is 4.39 Å². The molecular formula is C15H21FIN. The summed E-state index contributed by atoms with van der Waals surface area (Å²) in [6, 6.07) is 5.56.